The second-order valence-electron chi connectivity index (χ2n) is 8.62. The maximum atomic E-state index is 14.2. The number of hydrogen-bond donors (Lipinski definition) is 0. The lowest BCUT2D eigenvalue weighted by Crippen LogP contribution is -2.74. The van der Waals surface area contributed by atoms with Crippen LogP contribution in [-0.4, -0.2) is 101 Å². The molecule has 0 fully saturated rings. The fraction of sp³-hybridized carbons (Fsp3) is 0.667. The van der Waals surface area contributed by atoms with Crippen molar-refractivity contribution in [2.24, 2.45) is 27.9 Å². The smallest absolute Gasteiger partial charge is 0.212 e. The number of alkyl halides is 16. The van der Waals surface area contributed by atoms with E-state index in [0.717, 1.165) is 0 Å². The number of carbonyl (C=O) groups excluding carboxylic acids is 6. The number of nitrogens with zero attached hydrogens (tertiary/aromatic N) is 6. The van der Waals surface area contributed by atoms with Crippen molar-refractivity contribution >= 4 is 53.6 Å². The zero-order chi connectivity index (χ0) is 38.3. The Morgan fingerprint density at radius 1 is 0.333 bits per heavy atom. The molecule has 0 unspecified atom stereocenters. The molecular formula is C18H8F16N6O6Si2. The molecule has 0 saturated heterocycles. The SMILES string of the molecule is O=C=N[Si](CCC(F)(F)C(F)(F)C(F)(F)C(F)(F)C(F)(F)C(F)(F)C(F)(F)C(F)(F)CC[Si](N=C=O)(N=C=O)N=C=O)(N=C=O)N=C=O. The largest absolute Gasteiger partial charge is 0.467 e. The van der Waals surface area contributed by atoms with Crippen LogP contribution in [-0.2, 0) is 28.8 Å². The summed E-state index contributed by atoms with van der Waals surface area (Å²) in [6.07, 6.45) is -3.78. The van der Waals surface area contributed by atoms with E-state index < -0.39 is 89.4 Å². The van der Waals surface area contributed by atoms with Crippen LogP contribution in [0.5, 0.6) is 0 Å². The zero-order valence-electron chi connectivity index (χ0n) is 22.0. The van der Waals surface area contributed by atoms with Crippen LogP contribution in [0.3, 0.4) is 0 Å². The van der Waals surface area contributed by atoms with Gasteiger partial charge in [0.05, 0.1) is 0 Å². The van der Waals surface area contributed by atoms with Gasteiger partial charge in [-0.1, -0.05) is 0 Å². The minimum atomic E-state index is -8.82. The summed E-state index contributed by atoms with van der Waals surface area (Å²) in [5.74, 6) is -64.8. The van der Waals surface area contributed by atoms with Gasteiger partial charge < -0.3 is 0 Å². The monoisotopic (exact) mass is 764 g/mol. The summed E-state index contributed by atoms with van der Waals surface area (Å²) in [6.45, 7) is 0. The minimum Gasteiger partial charge on any atom is -0.212 e. The molecule has 0 saturated carbocycles. The van der Waals surface area contributed by atoms with Gasteiger partial charge in [0.25, 0.3) is 0 Å². The molecule has 0 aliphatic rings. The molecule has 0 spiro atoms. The third-order valence-corrected chi connectivity index (χ3v) is 10.3. The van der Waals surface area contributed by atoms with Crippen molar-refractivity contribution in [2.45, 2.75) is 72.3 Å². The van der Waals surface area contributed by atoms with Gasteiger partial charge in [-0.25, -0.2) is 28.8 Å². The summed E-state index contributed by atoms with van der Waals surface area (Å²) in [7, 11) is -10.8. The maximum absolute atomic E-state index is 14.2. The Kier molecular flexibility index (Phi) is 13.1. The molecule has 0 N–H and O–H groups in total. The van der Waals surface area contributed by atoms with Crippen LogP contribution < -0.4 is 0 Å². The first kappa shape index (κ1) is 43.6. The predicted octanol–water partition coefficient (Wildman–Crippen LogP) is 4.74. The third-order valence-electron chi connectivity index (χ3n) is 5.79. The van der Waals surface area contributed by atoms with Crippen molar-refractivity contribution in [3.05, 3.63) is 0 Å². The highest BCUT2D eigenvalue weighted by molar-refractivity contribution is 6.77. The average Bonchev–Trinajstić information content (AvgIpc) is 2.95. The topological polar surface area (TPSA) is 177 Å². The van der Waals surface area contributed by atoms with Crippen molar-refractivity contribution in [3.63, 3.8) is 0 Å². The summed E-state index contributed by atoms with van der Waals surface area (Å²) in [5, 5.41) is 0. The van der Waals surface area contributed by atoms with Gasteiger partial charge in [0.15, 0.2) is 0 Å². The standard InChI is InChI=1S/C18H8F16N6O6Si2/c19-11(20,1-3-47(35-5-41,36-6-42)37-7-43)13(23,24)15(27,28)17(31,32)18(33,34)16(29,30)14(25,26)12(21,22)2-4-48(38-8-44,39-9-45)40-10-46/h1-4H2. The Hall–Kier alpha value is -4.41. The van der Waals surface area contributed by atoms with E-state index in [4.69, 9.17) is 0 Å². The Bertz CT molecular complexity index is 1320. The van der Waals surface area contributed by atoms with E-state index in [2.05, 4.69) is 27.9 Å². The van der Waals surface area contributed by atoms with E-state index in [9.17, 15) is 99.0 Å². The summed E-state index contributed by atoms with van der Waals surface area (Å²) < 4.78 is 242. The second kappa shape index (κ2) is 14.4. The van der Waals surface area contributed by atoms with Crippen LogP contribution in [0.25, 0.3) is 0 Å². The van der Waals surface area contributed by atoms with E-state index in [1.54, 1.807) is 0 Å². The summed E-state index contributed by atoms with van der Waals surface area (Å²) >= 11 is 0. The van der Waals surface area contributed by atoms with E-state index in [1.165, 1.54) is 0 Å². The summed E-state index contributed by atoms with van der Waals surface area (Å²) in [4.78, 5) is 62.4. The van der Waals surface area contributed by atoms with Gasteiger partial charge in [-0.2, -0.15) is 98.2 Å². The quantitative estimate of drug-likeness (QED) is 0.0794. The molecule has 0 aromatic carbocycles. The van der Waals surface area contributed by atoms with Crippen LogP contribution in [0.4, 0.5) is 70.2 Å². The molecule has 0 bridgehead atoms. The number of rotatable bonds is 19. The molecule has 0 atom stereocenters. The van der Waals surface area contributed by atoms with Gasteiger partial charge in [-0.05, 0) is 0 Å². The first-order chi connectivity index (χ1) is 21.5. The highest BCUT2D eigenvalue weighted by atomic mass is 28.4. The van der Waals surface area contributed by atoms with Crippen molar-refractivity contribution in [3.8, 4) is 0 Å². The fourth-order valence-electron chi connectivity index (χ4n) is 3.14. The highest BCUT2D eigenvalue weighted by Crippen LogP contribution is 2.64. The first-order valence-corrected chi connectivity index (χ1v) is 15.2. The van der Waals surface area contributed by atoms with Crippen molar-refractivity contribution in [1.82, 2.24) is 0 Å². The van der Waals surface area contributed by atoms with E-state index in [0.29, 0.717) is 36.5 Å². The molecule has 0 heterocycles. The molecule has 48 heavy (non-hydrogen) atoms. The lowest BCUT2D eigenvalue weighted by molar-refractivity contribution is -0.453. The molecule has 12 nitrogen and oxygen atoms in total. The Labute approximate surface area is 253 Å². The number of hydrogen-bond acceptors (Lipinski definition) is 12. The molecule has 0 aromatic rings. The minimum absolute atomic E-state index is 0.418. The summed E-state index contributed by atoms with van der Waals surface area (Å²) in [6, 6.07) is -4.45. The molecule has 30 heteroatoms. The number of isocyanates is 6. The van der Waals surface area contributed by atoms with Gasteiger partial charge in [0.1, 0.15) is 0 Å². The number of halogens is 16. The van der Waals surface area contributed by atoms with E-state index in [-0.39, 0.29) is 0 Å². The molecule has 0 rings (SSSR count). The van der Waals surface area contributed by atoms with Crippen molar-refractivity contribution in [2.75, 3.05) is 0 Å². The van der Waals surface area contributed by atoms with E-state index in [1.807, 2.05) is 0 Å². The van der Waals surface area contributed by atoms with Gasteiger partial charge in [-0.3, -0.25) is 0 Å². The van der Waals surface area contributed by atoms with Crippen LogP contribution in [0, 0.1) is 0 Å². The van der Waals surface area contributed by atoms with Gasteiger partial charge >= 0.3 is 64.5 Å². The third kappa shape index (κ3) is 7.35. The zero-order valence-corrected chi connectivity index (χ0v) is 24.0. The average molecular weight is 764 g/mol. The first-order valence-electron chi connectivity index (χ1n) is 11.1. The molecule has 0 radical (unpaired) electrons. The second-order valence-corrected chi connectivity index (χ2v) is 14.1. The lowest BCUT2D eigenvalue weighted by Gasteiger charge is -2.43. The Morgan fingerprint density at radius 3 is 0.667 bits per heavy atom. The molecule has 0 aliphatic heterocycles. The molecule has 266 valence electrons. The van der Waals surface area contributed by atoms with Crippen molar-refractivity contribution in [1.29, 1.82) is 0 Å². The maximum Gasteiger partial charge on any atom is 0.467 e. The van der Waals surface area contributed by atoms with Crippen LogP contribution in [0.2, 0.25) is 12.1 Å². The molecular weight excluding hydrogens is 756 g/mol. The Morgan fingerprint density at radius 2 is 0.500 bits per heavy atom. The molecule has 0 aliphatic carbocycles. The Balaban J connectivity index is 7.01. The fourth-order valence-corrected chi connectivity index (χ4v) is 6.28. The normalized spacial score (nSPS) is 15.8. The molecule has 0 amide bonds. The van der Waals surface area contributed by atoms with Gasteiger partial charge in [-0.15, -0.1) is 0 Å². The van der Waals surface area contributed by atoms with Crippen LogP contribution in [0.1, 0.15) is 12.8 Å². The van der Waals surface area contributed by atoms with Gasteiger partial charge in [0, 0.05) is 24.9 Å². The van der Waals surface area contributed by atoms with Crippen LogP contribution >= 0.6 is 0 Å². The summed E-state index contributed by atoms with van der Waals surface area (Å²) in [5.41, 5.74) is 0. The predicted molar refractivity (Wildman–Crippen MR) is 119 cm³/mol. The van der Waals surface area contributed by atoms with Crippen LogP contribution in [0.15, 0.2) is 27.9 Å². The lowest BCUT2D eigenvalue weighted by atomic mass is 9.87. The molecule has 0 aromatic heterocycles. The highest BCUT2D eigenvalue weighted by Gasteiger charge is 2.94. The van der Waals surface area contributed by atoms with Gasteiger partial charge in [0.2, 0.25) is 36.5 Å². The van der Waals surface area contributed by atoms with E-state index >= 15 is 0 Å². The van der Waals surface area contributed by atoms with Crippen molar-refractivity contribution < 1.29 is 99.0 Å².